The number of hydrogen-bond donors (Lipinski definition) is 1. The zero-order valence-electron chi connectivity index (χ0n) is 12.4. The van der Waals surface area contributed by atoms with Crippen molar-refractivity contribution in [1.82, 2.24) is 15.5 Å². The van der Waals surface area contributed by atoms with E-state index in [1.807, 2.05) is 0 Å². The Morgan fingerprint density at radius 3 is 2.53 bits per heavy atom. The number of piperidine rings is 1. The minimum atomic E-state index is 0.481. The normalized spacial score (nSPS) is 17.2. The van der Waals surface area contributed by atoms with E-state index >= 15 is 0 Å². The maximum Gasteiger partial charge on any atom is 0.151 e. The Balaban J connectivity index is 1.88. The molecule has 19 heavy (non-hydrogen) atoms. The summed E-state index contributed by atoms with van der Waals surface area (Å²) in [5.41, 5.74) is 1.01. The molecule has 1 aliphatic rings. The first kappa shape index (κ1) is 14.3. The molecular weight excluding hydrogens is 236 g/mol. The second-order valence-electron chi connectivity index (χ2n) is 5.76. The van der Waals surface area contributed by atoms with E-state index in [4.69, 9.17) is 0 Å². The van der Waals surface area contributed by atoms with E-state index in [0.717, 1.165) is 37.1 Å². The van der Waals surface area contributed by atoms with E-state index < -0.39 is 0 Å². The lowest BCUT2D eigenvalue weighted by molar-refractivity contribution is 0.393. The maximum absolute atomic E-state index is 4.37. The van der Waals surface area contributed by atoms with E-state index in [9.17, 15) is 0 Å². The van der Waals surface area contributed by atoms with Crippen molar-refractivity contribution < 1.29 is 0 Å². The van der Waals surface area contributed by atoms with Gasteiger partial charge in [-0.2, -0.15) is 5.10 Å². The van der Waals surface area contributed by atoms with Crippen molar-refractivity contribution >= 4 is 5.82 Å². The third-order valence-electron chi connectivity index (χ3n) is 3.91. The lowest BCUT2D eigenvalue weighted by atomic mass is 9.94. The van der Waals surface area contributed by atoms with Crippen LogP contribution in [-0.4, -0.2) is 29.3 Å². The van der Waals surface area contributed by atoms with Crippen LogP contribution in [-0.2, 0) is 6.54 Å². The molecule has 0 aliphatic carbocycles. The molecule has 0 unspecified atom stereocenters. The van der Waals surface area contributed by atoms with Gasteiger partial charge in [-0.3, -0.25) is 0 Å². The molecule has 1 saturated heterocycles. The SMILES string of the molecule is CCC1CCN(c2ccc(CNC(C)C)nn2)CC1. The summed E-state index contributed by atoms with van der Waals surface area (Å²) < 4.78 is 0. The maximum atomic E-state index is 4.37. The van der Waals surface area contributed by atoms with Crippen LogP contribution < -0.4 is 10.2 Å². The molecule has 0 saturated carbocycles. The first-order chi connectivity index (χ1) is 9.19. The van der Waals surface area contributed by atoms with Gasteiger partial charge >= 0.3 is 0 Å². The highest BCUT2D eigenvalue weighted by Crippen LogP contribution is 2.23. The molecule has 1 aromatic heterocycles. The van der Waals surface area contributed by atoms with Gasteiger partial charge in [-0.05, 0) is 30.9 Å². The first-order valence-corrected chi connectivity index (χ1v) is 7.50. The van der Waals surface area contributed by atoms with Crippen LogP contribution in [0.2, 0.25) is 0 Å². The Bertz CT molecular complexity index is 366. The van der Waals surface area contributed by atoms with Crippen molar-refractivity contribution in [2.75, 3.05) is 18.0 Å². The zero-order valence-corrected chi connectivity index (χ0v) is 12.4. The van der Waals surface area contributed by atoms with Crippen molar-refractivity contribution in [2.24, 2.45) is 5.92 Å². The van der Waals surface area contributed by atoms with Gasteiger partial charge in [0, 0.05) is 25.7 Å². The van der Waals surface area contributed by atoms with Gasteiger partial charge in [0.1, 0.15) is 0 Å². The van der Waals surface area contributed by atoms with Gasteiger partial charge in [-0.1, -0.05) is 27.2 Å². The molecule has 1 aromatic rings. The highest BCUT2D eigenvalue weighted by Gasteiger charge is 2.18. The van der Waals surface area contributed by atoms with Crippen molar-refractivity contribution in [3.63, 3.8) is 0 Å². The summed E-state index contributed by atoms with van der Waals surface area (Å²) >= 11 is 0. The Morgan fingerprint density at radius 2 is 2.00 bits per heavy atom. The summed E-state index contributed by atoms with van der Waals surface area (Å²) in [4.78, 5) is 2.36. The summed E-state index contributed by atoms with van der Waals surface area (Å²) in [6, 6.07) is 4.68. The number of anilines is 1. The van der Waals surface area contributed by atoms with Crippen LogP contribution in [0.1, 0.15) is 45.7 Å². The van der Waals surface area contributed by atoms with E-state index in [1.54, 1.807) is 0 Å². The minimum absolute atomic E-state index is 0.481. The molecule has 1 aliphatic heterocycles. The van der Waals surface area contributed by atoms with Gasteiger partial charge in [-0.25, -0.2) is 0 Å². The smallest absolute Gasteiger partial charge is 0.151 e. The van der Waals surface area contributed by atoms with E-state index in [0.29, 0.717) is 6.04 Å². The Morgan fingerprint density at radius 1 is 1.26 bits per heavy atom. The summed E-state index contributed by atoms with van der Waals surface area (Å²) in [7, 11) is 0. The molecule has 106 valence electrons. The van der Waals surface area contributed by atoms with Gasteiger partial charge in [0.05, 0.1) is 5.69 Å². The predicted octanol–water partition coefficient (Wildman–Crippen LogP) is 2.60. The van der Waals surface area contributed by atoms with E-state index in [-0.39, 0.29) is 0 Å². The van der Waals surface area contributed by atoms with Gasteiger partial charge in [0.2, 0.25) is 0 Å². The van der Waals surface area contributed by atoms with Crippen LogP contribution in [0.25, 0.3) is 0 Å². The average Bonchev–Trinajstić information content (AvgIpc) is 2.46. The van der Waals surface area contributed by atoms with Crippen molar-refractivity contribution in [3.05, 3.63) is 17.8 Å². The lowest BCUT2D eigenvalue weighted by Gasteiger charge is -2.32. The number of aromatic nitrogens is 2. The van der Waals surface area contributed by atoms with E-state index in [1.165, 1.54) is 19.3 Å². The fraction of sp³-hybridized carbons (Fsp3) is 0.733. The Kier molecular flexibility index (Phi) is 5.14. The van der Waals surface area contributed by atoms with Crippen LogP contribution in [0.4, 0.5) is 5.82 Å². The largest absolute Gasteiger partial charge is 0.355 e. The van der Waals surface area contributed by atoms with Gasteiger partial charge in [-0.15, -0.1) is 5.10 Å². The summed E-state index contributed by atoms with van der Waals surface area (Å²) in [5.74, 6) is 1.93. The van der Waals surface area contributed by atoms with Gasteiger partial charge in [0.15, 0.2) is 5.82 Å². The van der Waals surface area contributed by atoms with Gasteiger partial charge in [0.25, 0.3) is 0 Å². The fourth-order valence-electron chi connectivity index (χ4n) is 2.49. The zero-order chi connectivity index (χ0) is 13.7. The van der Waals surface area contributed by atoms with Crippen LogP contribution in [0, 0.1) is 5.92 Å². The Hall–Kier alpha value is -1.16. The van der Waals surface area contributed by atoms with Crippen molar-refractivity contribution in [3.8, 4) is 0 Å². The molecule has 2 heterocycles. The topological polar surface area (TPSA) is 41.0 Å². The molecule has 2 rings (SSSR count). The number of nitrogens with zero attached hydrogens (tertiary/aromatic N) is 3. The highest BCUT2D eigenvalue weighted by atomic mass is 15.3. The lowest BCUT2D eigenvalue weighted by Crippen LogP contribution is -2.34. The second-order valence-corrected chi connectivity index (χ2v) is 5.76. The van der Waals surface area contributed by atoms with Crippen molar-refractivity contribution in [2.45, 2.75) is 52.6 Å². The quantitative estimate of drug-likeness (QED) is 0.885. The molecule has 0 amide bonds. The molecule has 0 atom stereocenters. The predicted molar refractivity (Wildman–Crippen MR) is 79.2 cm³/mol. The second kappa shape index (κ2) is 6.85. The van der Waals surface area contributed by atoms with Crippen molar-refractivity contribution in [1.29, 1.82) is 0 Å². The van der Waals surface area contributed by atoms with Crippen LogP contribution in [0.5, 0.6) is 0 Å². The highest BCUT2D eigenvalue weighted by molar-refractivity contribution is 5.37. The Labute approximate surface area is 116 Å². The summed E-state index contributed by atoms with van der Waals surface area (Å²) in [6.07, 6.45) is 3.88. The number of rotatable bonds is 5. The molecule has 0 spiro atoms. The molecule has 0 aromatic carbocycles. The first-order valence-electron chi connectivity index (χ1n) is 7.50. The summed E-state index contributed by atoms with van der Waals surface area (Å²) in [6.45, 7) is 9.60. The molecular formula is C15H26N4. The molecule has 0 radical (unpaired) electrons. The molecule has 4 nitrogen and oxygen atoms in total. The van der Waals surface area contributed by atoms with Crippen LogP contribution in [0.3, 0.4) is 0 Å². The number of hydrogen-bond acceptors (Lipinski definition) is 4. The minimum Gasteiger partial charge on any atom is -0.355 e. The third-order valence-corrected chi connectivity index (χ3v) is 3.91. The molecule has 4 heteroatoms. The number of nitrogens with one attached hydrogen (secondary N) is 1. The van der Waals surface area contributed by atoms with Gasteiger partial charge < -0.3 is 10.2 Å². The summed E-state index contributed by atoms with van der Waals surface area (Å²) in [5, 5.41) is 12.0. The molecule has 1 N–H and O–H groups in total. The molecule has 0 bridgehead atoms. The average molecular weight is 262 g/mol. The fourth-order valence-corrected chi connectivity index (χ4v) is 2.49. The van der Waals surface area contributed by atoms with E-state index in [2.05, 4.69) is 53.3 Å². The van der Waals surface area contributed by atoms with Crippen LogP contribution in [0.15, 0.2) is 12.1 Å². The van der Waals surface area contributed by atoms with Crippen LogP contribution >= 0.6 is 0 Å². The third kappa shape index (κ3) is 4.16. The monoisotopic (exact) mass is 262 g/mol. The molecule has 1 fully saturated rings. The standard InChI is InChI=1S/C15H26N4/c1-4-13-7-9-19(10-8-13)15-6-5-14(17-18-15)11-16-12(2)3/h5-6,12-13,16H,4,7-11H2,1-3H3.